The number of benzene rings is 1. The Hall–Kier alpha value is -3.04. The molecule has 0 radical (unpaired) electrons. The number of nitrogens with two attached hydrogens (primary N) is 1. The molecule has 1 amide bonds. The molecule has 0 bridgehead atoms. The van der Waals surface area contributed by atoms with Crippen LogP contribution >= 0.6 is 0 Å². The van der Waals surface area contributed by atoms with Gasteiger partial charge in [-0.05, 0) is 63.3 Å². The lowest BCUT2D eigenvalue weighted by Crippen LogP contribution is -2.46. The van der Waals surface area contributed by atoms with Gasteiger partial charge in [0.25, 0.3) is 5.91 Å². The molecule has 1 aliphatic heterocycles. The number of nitrogens with zero attached hydrogens (tertiary/aromatic N) is 3. The fourth-order valence-corrected chi connectivity index (χ4v) is 5.37. The molecular formula is C26H33F4N5O. The second-order valence-electron chi connectivity index (χ2n) is 10.5. The summed E-state index contributed by atoms with van der Waals surface area (Å²) in [6, 6.07) is 3.79. The first-order chi connectivity index (χ1) is 16.8. The van der Waals surface area contributed by atoms with E-state index in [0.717, 1.165) is 32.3 Å². The highest BCUT2D eigenvalue weighted by atomic mass is 19.4. The molecule has 6 nitrogen and oxygen atoms in total. The molecule has 36 heavy (non-hydrogen) atoms. The van der Waals surface area contributed by atoms with E-state index in [0.29, 0.717) is 24.2 Å². The monoisotopic (exact) mass is 507 g/mol. The number of allylic oxidation sites excluding steroid dienone is 1. The van der Waals surface area contributed by atoms with Crippen molar-refractivity contribution in [1.82, 2.24) is 20.0 Å². The number of nitrogen functional groups attached to an aromatic ring is 1. The highest BCUT2D eigenvalue weighted by Crippen LogP contribution is 2.42. The molecule has 0 spiro atoms. The van der Waals surface area contributed by atoms with Crippen molar-refractivity contribution in [3.63, 3.8) is 0 Å². The van der Waals surface area contributed by atoms with Gasteiger partial charge in [-0.15, -0.1) is 0 Å². The number of nitrogens with one attached hydrogen (secondary N) is 1. The zero-order valence-electron chi connectivity index (χ0n) is 21.0. The van der Waals surface area contributed by atoms with Crippen molar-refractivity contribution in [1.29, 1.82) is 0 Å². The van der Waals surface area contributed by atoms with Crippen LogP contribution in [0.4, 0.5) is 23.2 Å². The third-order valence-electron chi connectivity index (χ3n) is 7.39. The van der Waals surface area contributed by atoms with Crippen LogP contribution in [0.3, 0.4) is 0 Å². The van der Waals surface area contributed by atoms with Crippen molar-refractivity contribution in [2.45, 2.75) is 64.2 Å². The highest BCUT2D eigenvalue weighted by molar-refractivity contribution is 5.96. The van der Waals surface area contributed by atoms with Crippen molar-refractivity contribution < 1.29 is 22.4 Å². The molecular weight excluding hydrogens is 474 g/mol. The average molecular weight is 508 g/mol. The Balaban J connectivity index is 1.54. The number of rotatable bonds is 6. The van der Waals surface area contributed by atoms with Gasteiger partial charge in [0.15, 0.2) is 0 Å². The minimum absolute atomic E-state index is 0.0436. The standard InChI is InChI=1S/C26H33F4N5O/c1-15(26(28,29)30)10-22(19-11-18(27)7-8-21(19)31)32-25(3)9-5-6-17(12-25)23-14-35(23)24(36)20-13-34(4)33-16(20)2/h7-8,10-11,13,15,17,23,32H,5-6,9,12,14,31H2,1-4H3/b22-10+/t15?,17?,23?,25-,35?/m0/s1. The number of carbonyl (C=O) groups is 1. The number of amides is 1. The molecule has 10 heteroatoms. The number of hydrogen-bond acceptors (Lipinski definition) is 4. The van der Waals surface area contributed by atoms with Gasteiger partial charge in [-0.25, -0.2) is 4.39 Å². The summed E-state index contributed by atoms with van der Waals surface area (Å²) in [6.45, 7) is 5.50. The molecule has 2 fully saturated rings. The largest absolute Gasteiger partial charge is 0.398 e. The van der Waals surface area contributed by atoms with Crippen LogP contribution < -0.4 is 11.1 Å². The second-order valence-corrected chi connectivity index (χ2v) is 10.5. The van der Waals surface area contributed by atoms with Gasteiger partial charge in [0, 0.05) is 42.3 Å². The van der Waals surface area contributed by atoms with Crippen molar-refractivity contribution in [3.8, 4) is 0 Å². The molecule has 2 heterocycles. The maximum atomic E-state index is 14.0. The van der Waals surface area contributed by atoms with Crippen molar-refractivity contribution in [3.05, 3.63) is 53.1 Å². The Morgan fingerprint density at radius 3 is 2.69 bits per heavy atom. The maximum absolute atomic E-state index is 14.0. The summed E-state index contributed by atoms with van der Waals surface area (Å²) < 4.78 is 55.9. The van der Waals surface area contributed by atoms with E-state index in [1.54, 1.807) is 24.9 Å². The van der Waals surface area contributed by atoms with Gasteiger partial charge in [-0.1, -0.05) is 13.3 Å². The zero-order chi connectivity index (χ0) is 26.4. The van der Waals surface area contributed by atoms with Gasteiger partial charge in [0.1, 0.15) is 5.82 Å². The van der Waals surface area contributed by atoms with Gasteiger partial charge in [0.2, 0.25) is 0 Å². The molecule has 2 aliphatic rings. The van der Waals surface area contributed by atoms with Crippen LogP contribution in [0.25, 0.3) is 5.70 Å². The lowest BCUT2D eigenvalue weighted by molar-refractivity contribution is -0.156. The van der Waals surface area contributed by atoms with Gasteiger partial charge in [-0.2, -0.15) is 18.3 Å². The molecule has 1 aromatic heterocycles. The first-order valence-electron chi connectivity index (χ1n) is 12.2. The number of anilines is 1. The minimum Gasteiger partial charge on any atom is -0.398 e. The van der Waals surface area contributed by atoms with Gasteiger partial charge < -0.3 is 16.0 Å². The lowest BCUT2D eigenvalue weighted by Gasteiger charge is -2.41. The van der Waals surface area contributed by atoms with E-state index in [4.69, 9.17) is 5.73 Å². The number of hydrogen-bond donors (Lipinski definition) is 2. The molecule has 1 aliphatic carbocycles. The number of alkyl halides is 3. The average Bonchev–Trinajstić information content (AvgIpc) is 3.51. The maximum Gasteiger partial charge on any atom is 0.394 e. The van der Waals surface area contributed by atoms with Crippen LogP contribution in [0.2, 0.25) is 0 Å². The van der Waals surface area contributed by atoms with Gasteiger partial charge in [-0.3, -0.25) is 9.48 Å². The fraction of sp³-hybridized carbons (Fsp3) is 0.538. The summed E-state index contributed by atoms with van der Waals surface area (Å²) in [5, 5.41) is 7.57. The number of aryl methyl sites for hydroxylation is 2. The number of halogens is 4. The second kappa shape index (κ2) is 9.44. The fourth-order valence-electron chi connectivity index (χ4n) is 5.37. The highest BCUT2D eigenvalue weighted by Gasteiger charge is 2.48. The van der Waals surface area contributed by atoms with Gasteiger partial charge >= 0.3 is 6.18 Å². The molecule has 4 atom stereocenters. The van der Waals surface area contributed by atoms with Gasteiger partial charge in [0.05, 0.1) is 23.2 Å². The Morgan fingerprint density at radius 1 is 1.33 bits per heavy atom. The van der Waals surface area contributed by atoms with Crippen molar-refractivity contribution in [2.24, 2.45) is 18.9 Å². The van der Waals surface area contributed by atoms with Crippen LogP contribution in [-0.4, -0.2) is 44.9 Å². The zero-order valence-corrected chi connectivity index (χ0v) is 21.0. The van der Waals surface area contributed by atoms with Crippen LogP contribution in [0.1, 0.15) is 61.1 Å². The predicted molar refractivity (Wildman–Crippen MR) is 130 cm³/mol. The first kappa shape index (κ1) is 26.0. The topological polar surface area (TPSA) is 76.0 Å². The van der Waals surface area contributed by atoms with Crippen molar-refractivity contribution in [2.75, 3.05) is 12.3 Å². The van der Waals surface area contributed by atoms with Crippen LogP contribution in [0.15, 0.2) is 30.5 Å². The van der Waals surface area contributed by atoms with E-state index in [9.17, 15) is 22.4 Å². The van der Waals surface area contributed by atoms with Crippen LogP contribution in [0.5, 0.6) is 0 Å². The Bertz CT molecular complexity index is 1170. The molecule has 2 aromatic rings. The van der Waals surface area contributed by atoms with E-state index in [-0.39, 0.29) is 34.8 Å². The quantitative estimate of drug-likeness (QED) is 0.326. The Kier molecular flexibility index (Phi) is 6.83. The van der Waals surface area contributed by atoms with Crippen LogP contribution in [-0.2, 0) is 7.05 Å². The lowest BCUT2D eigenvalue weighted by atomic mass is 9.75. The predicted octanol–water partition coefficient (Wildman–Crippen LogP) is 5.05. The summed E-state index contributed by atoms with van der Waals surface area (Å²) in [5.74, 6) is -2.16. The third kappa shape index (κ3) is 5.52. The van der Waals surface area contributed by atoms with E-state index in [1.165, 1.54) is 18.2 Å². The third-order valence-corrected chi connectivity index (χ3v) is 7.39. The smallest absolute Gasteiger partial charge is 0.394 e. The summed E-state index contributed by atoms with van der Waals surface area (Å²) in [6.07, 6.45) is 1.56. The number of aromatic nitrogens is 2. The molecule has 4 rings (SSSR count). The van der Waals surface area contributed by atoms with Crippen molar-refractivity contribution >= 4 is 17.3 Å². The van der Waals surface area contributed by atoms with Crippen LogP contribution in [0, 0.1) is 24.6 Å². The molecule has 196 valence electrons. The molecule has 1 saturated carbocycles. The molecule has 3 N–H and O–H groups in total. The summed E-state index contributed by atoms with van der Waals surface area (Å²) in [7, 11) is 1.78. The summed E-state index contributed by atoms with van der Waals surface area (Å²) in [5.41, 5.74) is 7.37. The summed E-state index contributed by atoms with van der Waals surface area (Å²) in [4.78, 5) is 14.8. The molecule has 3 unspecified atom stereocenters. The Morgan fingerprint density at radius 2 is 2.06 bits per heavy atom. The SMILES string of the molecule is Cc1nn(C)cc1C(=O)N1CC1C1CCC[C@](C)(N/C(=C/C(C)C(F)(F)F)c2cc(F)ccc2N)C1. The molecule has 1 aromatic carbocycles. The summed E-state index contributed by atoms with van der Waals surface area (Å²) >= 11 is 0. The number of carbonyl (C=O) groups excluding carboxylic acids is 1. The first-order valence-corrected chi connectivity index (χ1v) is 12.2. The molecule has 1 saturated heterocycles. The normalized spacial score (nSPS) is 25.6. The van der Waals surface area contributed by atoms with E-state index in [1.807, 2.05) is 11.8 Å². The Labute approximate surface area is 208 Å². The van der Waals surface area contributed by atoms with E-state index >= 15 is 0 Å². The minimum atomic E-state index is -4.44. The van der Waals surface area contributed by atoms with E-state index < -0.39 is 23.5 Å². The van der Waals surface area contributed by atoms with E-state index in [2.05, 4.69) is 10.4 Å².